The fraction of sp³-hybridized carbons (Fsp3) is 0.143. The molecule has 0 saturated heterocycles. The van der Waals surface area contributed by atoms with E-state index in [1.165, 1.54) is 18.2 Å². The number of nitro groups is 1. The Hall–Kier alpha value is -2.14. The average Bonchev–Trinajstić information content (AvgIpc) is 2.38. The summed E-state index contributed by atoms with van der Waals surface area (Å²) in [6.07, 6.45) is 0. The van der Waals surface area contributed by atoms with E-state index in [4.69, 9.17) is 11.6 Å². The summed E-state index contributed by atoms with van der Waals surface area (Å²) in [4.78, 5) is 10.5. The lowest BCUT2D eigenvalue weighted by molar-refractivity contribution is -0.383. The summed E-state index contributed by atoms with van der Waals surface area (Å²) in [7, 11) is 0. The number of benzene rings is 2. The quantitative estimate of drug-likeness (QED) is 0.664. The Morgan fingerprint density at radius 3 is 2.65 bits per heavy atom. The van der Waals surface area contributed by atoms with E-state index >= 15 is 0 Å². The number of nitrogens with one attached hydrogen (secondary N) is 1. The summed E-state index contributed by atoms with van der Waals surface area (Å²) in [6, 6.07) is 10.4. The molecule has 2 aromatic carbocycles. The molecule has 6 heteroatoms. The number of hydrogen-bond acceptors (Lipinski definition) is 3. The Balaban J connectivity index is 2.30. The van der Waals surface area contributed by atoms with Crippen molar-refractivity contribution in [1.82, 2.24) is 0 Å². The normalized spacial score (nSPS) is 11.9. The SMILES string of the molecule is CC(Nc1cccc(Cl)c1[N+](=O)[O-])c1cccc(F)c1. The minimum absolute atomic E-state index is 0.0615. The number of hydrogen-bond donors (Lipinski definition) is 1. The molecular formula is C14H12ClFN2O2. The smallest absolute Gasteiger partial charge is 0.310 e. The first kappa shape index (κ1) is 14.3. The molecule has 2 aromatic rings. The molecule has 0 bridgehead atoms. The van der Waals surface area contributed by atoms with Crippen molar-refractivity contribution in [2.24, 2.45) is 0 Å². The Morgan fingerprint density at radius 2 is 2.00 bits per heavy atom. The van der Waals surface area contributed by atoms with Gasteiger partial charge < -0.3 is 5.32 Å². The first-order valence-electron chi connectivity index (χ1n) is 5.94. The summed E-state index contributed by atoms with van der Waals surface area (Å²) >= 11 is 5.84. The average molecular weight is 295 g/mol. The predicted molar refractivity (Wildman–Crippen MR) is 76.5 cm³/mol. The molecule has 104 valence electrons. The van der Waals surface area contributed by atoms with Crippen LogP contribution in [0.1, 0.15) is 18.5 Å². The molecule has 0 amide bonds. The third-order valence-corrected chi connectivity index (χ3v) is 3.20. The zero-order valence-electron chi connectivity index (χ0n) is 10.6. The van der Waals surface area contributed by atoms with E-state index in [9.17, 15) is 14.5 Å². The molecular weight excluding hydrogens is 283 g/mol. The van der Waals surface area contributed by atoms with Gasteiger partial charge in [-0.3, -0.25) is 10.1 Å². The molecule has 0 fully saturated rings. The largest absolute Gasteiger partial charge is 0.373 e. The monoisotopic (exact) mass is 294 g/mol. The molecule has 0 saturated carbocycles. The van der Waals surface area contributed by atoms with Crippen molar-refractivity contribution in [2.45, 2.75) is 13.0 Å². The molecule has 0 radical (unpaired) electrons. The Morgan fingerprint density at radius 1 is 1.30 bits per heavy atom. The second-order valence-electron chi connectivity index (χ2n) is 4.31. The minimum Gasteiger partial charge on any atom is -0.373 e. The number of para-hydroxylation sites is 1. The maximum Gasteiger partial charge on any atom is 0.310 e. The van der Waals surface area contributed by atoms with Crippen molar-refractivity contribution >= 4 is 23.0 Å². The molecule has 4 nitrogen and oxygen atoms in total. The van der Waals surface area contributed by atoms with Crippen LogP contribution in [0, 0.1) is 15.9 Å². The van der Waals surface area contributed by atoms with Gasteiger partial charge in [0.05, 0.1) is 4.92 Å². The summed E-state index contributed by atoms with van der Waals surface area (Å²) < 4.78 is 13.2. The maximum atomic E-state index is 13.2. The Labute approximate surface area is 120 Å². The van der Waals surface area contributed by atoms with Gasteiger partial charge in [-0.05, 0) is 36.8 Å². The van der Waals surface area contributed by atoms with Gasteiger partial charge in [-0.1, -0.05) is 29.8 Å². The van der Waals surface area contributed by atoms with Crippen LogP contribution in [0.4, 0.5) is 15.8 Å². The molecule has 0 aliphatic carbocycles. The van der Waals surface area contributed by atoms with Gasteiger partial charge in [0.1, 0.15) is 16.5 Å². The molecule has 0 aliphatic rings. The fourth-order valence-corrected chi connectivity index (χ4v) is 2.15. The van der Waals surface area contributed by atoms with Crippen LogP contribution in [0.25, 0.3) is 0 Å². The summed E-state index contributed by atoms with van der Waals surface area (Å²) in [5.74, 6) is -0.350. The van der Waals surface area contributed by atoms with Crippen molar-refractivity contribution < 1.29 is 9.31 Å². The zero-order chi connectivity index (χ0) is 14.7. The first-order valence-corrected chi connectivity index (χ1v) is 6.31. The number of halogens is 2. The number of anilines is 1. The molecule has 1 unspecified atom stereocenters. The van der Waals surface area contributed by atoms with E-state index in [1.54, 1.807) is 31.2 Å². The topological polar surface area (TPSA) is 55.2 Å². The second kappa shape index (κ2) is 5.88. The number of rotatable bonds is 4. The van der Waals surface area contributed by atoms with Crippen LogP contribution in [0.15, 0.2) is 42.5 Å². The van der Waals surface area contributed by atoms with E-state index < -0.39 is 4.92 Å². The molecule has 1 atom stereocenters. The highest BCUT2D eigenvalue weighted by Gasteiger charge is 2.19. The van der Waals surface area contributed by atoms with Crippen LogP contribution in [0.5, 0.6) is 0 Å². The van der Waals surface area contributed by atoms with Crippen LogP contribution in [-0.4, -0.2) is 4.92 Å². The minimum atomic E-state index is -0.539. The molecule has 0 aromatic heterocycles. The second-order valence-corrected chi connectivity index (χ2v) is 4.72. The summed E-state index contributed by atoms with van der Waals surface area (Å²) in [6.45, 7) is 1.79. The van der Waals surface area contributed by atoms with E-state index in [0.29, 0.717) is 11.3 Å². The van der Waals surface area contributed by atoms with Gasteiger partial charge in [0, 0.05) is 6.04 Å². The van der Waals surface area contributed by atoms with E-state index in [1.807, 2.05) is 0 Å². The Bertz CT molecular complexity index is 649. The van der Waals surface area contributed by atoms with Gasteiger partial charge in [-0.15, -0.1) is 0 Å². The first-order chi connectivity index (χ1) is 9.49. The van der Waals surface area contributed by atoms with Crippen molar-refractivity contribution in [3.8, 4) is 0 Å². The summed E-state index contributed by atoms with van der Waals surface area (Å²) in [5, 5.41) is 14.1. The Kier molecular flexibility index (Phi) is 4.20. The maximum absolute atomic E-state index is 13.2. The van der Waals surface area contributed by atoms with Gasteiger partial charge in [0.2, 0.25) is 0 Å². The highest BCUT2D eigenvalue weighted by molar-refractivity contribution is 6.33. The molecule has 2 rings (SSSR count). The lowest BCUT2D eigenvalue weighted by Crippen LogP contribution is -2.08. The van der Waals surface area contributed by atoms with Crippen LogP contribution in [0.3, 0.4) is 0 Å². The summed E-state index contributed by atoms with van der Waals surface area (Å²) in [5.41, 5.74) is 0.816. The van der Waals surface area contributed by atoms with Crippen LogP contribution >= 0.6 is 11.6 Å². The molecule has 20 heavy (non-hydrogen) atoms. The molecule has 0 spiro atoms. The van der Waals surface area contributed by atoms with Gasteiger partial charge >= 0.3 is 5.69 Å². The lowest BCUT2D eigenvalue weighted by Gasteiger charge is -2.16. The van der Waals surface area contributed by atoms with E-state index in [-0.39, 0.29) is 22.6 Å². The third-order valence-electron chi connectivity index (χ3n) is 2.89. The van der Waals surface area contributed by atoms with Crippen molar-refractivity contribution in [3.05, 3.63) is 69.0 Å². The van der Waals surface area contributed by atoms with E-state index in [0.717, 1.165) is 0 Å². The predicted octanol–water partition coefficient (Wildman–Crippen LogP) is 4.56. The standard InChI is InChI=1S/C14H12ClFN2O2/c1-9(10-4-2-5-11(16)8-10)17-13-7-3-6-12(15)14(13)18(19)20/h2-9,17H,1H3. The molecule has 1 N–H and O–H groups in total. The highest BCUT2D eigenvalue weighted by Crippen LogP contribution is 2.34. The van der Waals surface area contributed by atoms with Crippen LogP contribution in [0.2, 0.25) is 5.02 Å². The zero-order valence-corrected chi connectivity index (χ0v) is 11.4. The lowest BCUT2D eigenvalue weighted by atomic mass is 10.1. The molecule has 0 aliphatic heterocycles. The van der Waals surface area contributed by atoms with Crippen LogP contribution < -0.4 is 5.32 Å². The number of nitrogens with zero attached hydrogens (tertiary/aromatic N) is 1. The van der Waals surface area contributed by atoms with Crippen molar-refractivity contribution in [1.29, 1.82) is 0 Å². The fourth-order valence-electron chi connectivity index (χ4n) is 1.91. The van der Waals surface area contributed by atoms with Gasteiger partial charge in [0.25, 0.3) is 0 Å². The third kappa shape index (κ3) is 3.05. The van der Waals surface area contributed by atoms with Gasteiger partial charge in [0.15, 0.2) is 0 Å². The van der Waals surface area contributed by atoms with E-state index in [2.05, 4.69) is 5.32 Å². The van der Waals surface area contributed by atoms with Crippen molar-refractivity contribution in [3.63, 3.8) is 0 Å². The van der Waals surface area contributed by atoms with Gasteiger partial charge in [-0.25, -0.2) is 4.39 Å². The molecule has 0 heterocycles. The number of nitro benzene ring substituents is 1. The van der Waals surface area contributed by atoms with Gasteiger partial charge in [-0.2, -0.15) is 0 Å². The van der Waals surface area contributed by atoms with Crippen LogP contribution in [-0.2, 0) is 0 Å². The highest BCUT2D eigenvalue weighted by atomic mass is 35.5. The van der Waals surface area contributed by atoms with Crippen molar-refractivity contribution in [2.75, 3.05) is 5.32 Å².